The molecule has 136 valence electrons. The fourth-order valence-corrected chi connectivity index (χ4v) is 3.59. The average Bonchev–Trinajstić information content (AvgIpc) is 2.65. The maximum absolute atomic E-state index is 12.3. The van der Waals surface area contributed by atoms with Gasteiger partial charge in [0.15, 0.2) is 0 Å². The van der Waals surface area contributed by atoms with E-state index in [1.807, 2.05) is 24.5 Å². The first kappa shape index (κ1) is 17.7. The lowest BCUT2D eigenvalue weighted by Crippen LogP contribution is -2.59. The zero-order valence-electron chi connectivity index (χ0n) is 14.7. The number of carbonyl (C=O) groups excluding carboxylic acids is 2. The molecule has 1 aromatic rings. The number of hydrogen-bond donors (Lipinski definition) is 1. The molecule has 0 aliphatic carbocycles. The van der Waals surface area contributed by atoms with E-state index in [0.717, 1.165) is 25.9 Å². The van der Waals surface area contributed by atoms with Crippen molar-refractivity contribution in [1.82, 2.24) is 15.2 Å². The molecule has 2 saturated heterocycles. The van der Waals surface area contributed by atoms with Gasteiger partial charge in [-0.15, -0.1) is 0 Å². The highest BCUT2D eigenvalue weighted by Gasteiger charge is 2.36. The molecule has 1 amide bonds. The van der Waals surface area contributed by atoms with Crippen molar-refractivity contribution in [1.29, 1.82) is 0 Å². The Hall–Kier alpha value is -2.15. The molecule has 0 spiro atoms. The van der Waals surface area contributed by atoms with Crippen LogP contribution in [0.1, 0.15) is 19.8 Å². The predicted molar refractivity (Wildman–Crippen MR) is 94.2 cm³/mol. The number of carbonyl (C=O) groups is 2. The van der Waals surface area contributed by atoms with E-state index in [1.54, 1.807) is 11.8 Å². The molecule has 7 heteroatoms. The molecule has 3 rings (SSSR count). The minimum atomic E-state index is -0.501. The van der Waals surface area contributed by atoms with Crippen molar-refractivity contribution < 1.29 is 14.3 Å². The zero-order chi connectivity index (χ0) is 17.6. The first-order valence-corrected chi connectivity index (χ1v) is 9.00. The Bertz CT molecular complexity index is 587. The van der Waals surface area contributed by atoms with Gasteiger partial charge < -0.3 is 19.9 Å². The number of hydrogen-bond acceptors (Lipinski definition) is 6. The normalized spacial score (nSPS) is 22.1. The van der Waals surface area contributed by atoms with Gasteiger partial charge in [-0.05, 0) is 37.8 Å². The number of anilines is 1. The van der Waals surface area contributed by atoms with E-state index >= 15 is 0 Å². The summed E-state index contributed by atoms with van der Waals surface area (Å²) in [5, 5.41) is 3.01. The first-order valence-electron chi connectivity index (χ1n) is 9.00. The second-order valence-electron chi connectivity index (χ2n) is 6.58. The summed E-state index contributed by atoms with van der Waals surface area (Å²) >= 11 is 0. The number of pyridine rings is 1. The Kier molecular flexibility index (Phi) is 5.86. The monoisotopic (exact) mass is 346 g/mol. The molecule has 0 bridgehead atoms. The Morgan fingerprint density at radius 1 is 1.32 bits per heavy atom. The molecule has 2 aliphatic heterocycles. The van der Waals surface area contributed by atoms with E-state index in [0.29, 0.717) is 32.2 Å². The third-order valence-electron chi connectivity index (χ3n) is 4.97. The summed E-state index contributed by atoms with van der Waals surface area (Å²) < 4.78 is 5.14. The fraction of sp³-hybridized carbons (Fsp3) is 0.611. The number of nitrogens with zero attached hydrogens (tertiary/aromatic N) is 3. The van der Waals surface area contributed by atoms with E-state index in [2.05, 4.69) is 15.2 Å². The number of nitrogens with one attached hydrogen (secondary N) is 1. The average molecular weight is 346 g/mol. The molecule has 1 aromatic heterocycles. The zero-order valence-corrected chi connectivity index (χ0v) is 14.7. The maximum Gasteiger partial charge on any atom is 0.330 e. The van der Waals surface area contributed by atoms with Gasteiger partial charge in [0.25, 0.3) is 0 Å². The number of esters is 1. The largest absolute Gasteiger partial charge is 0.464 e. The number of amides is 1. The van der Waals surface area contributed by atoms with Crippen LogP contribution >= 0.6 is 0 Å². The van der Waals surface area contributed by atoms with Gasteiger partial charge in [-0.25, -0.2) is 4.79 Å². The first-order chi connectivity index (χ1) is 12.2. The van der Waals surface area contributed by atoms with Crippen LogP contribution in [0.2, 0.25) is 0 Å². The molecule has 2 aliphatic rings. The Labute approximate surface area is 148 Å². The second-order valence-corrected chi connectivity index (χ2v) is 6.58. The van der Waals surface area contributed by atoms with E-state index in [-0.39, 0.29) is 11.9 Å². The van der Waals surface area contributed by atoms with Gasteiger partial charge in [-0.2, -0.15) is 0 Å². The molecule has 0 saturated carbocycles. The van der Waals surface area contributed by atoms with E-state index in [4.69, 9.17) is 4.74 Å². The Morgan fingerprint density at radius 3 is 2.72 bits per heavy atom. The summed E-state index contributed by atoms with van der Waals surface area (Å²) in [7, 11) is 0. The van der Waals surface area contributed by atoms with Crippen LogP contribution in [0.5, 0.6) is 0 Å². The quantitative estimate of drug-likeness (QED) is 0.790. The van der Waals surface area contributed by atoms with E-state index in [9.17, 15) is 9.59 Å². The number of aromatic nitrogens is 1. The van der Waals surface area contributed by atoms with E-state index in [1.165, 1.54) is 5.69 Å². The summed E-state index contributed by atoms with van der Waals surface area (Å²) in [6.07, 6.45) is 5.64. The summed E-state index contributed by atoms with van der Waals surface area (Å²) in [6.45, 7) is 5.44. The SMILES string of the molecule is CCOC(=O)C1CNCC(=O)N1CC1CCN(c2ccncc2)CC1. The van der Waals surface area contributed by atoms with Crippen LogP contribution in [-0.4, -0.2) is 67.1 Å². The van der Waals surface area contributed by atoms with Crippen LogP contribution in [0, 0.1) is 5.92 Å². The molecule has 1 N–H and O–H groups in total. The molecule has 0 aromatic carbocycles. The van der Waals surface area contributed by atoms with Crippen molar-refractivity contribution >= 4 is 17.6 Å². The highest BCUT2D eigenvalue weighted by atomic mass is 16.5. The van der Waals surface area contributed by atoms with Crippen LogP contribution in [0.25, 0.3) is 0 Å². The van der Waals surface area contributed by atoms with Crippen LogP contribution in [0.15, 0.2) is 24.5 Å². The van der Waals surface area contributed by atoms with Gasteiger partial charge in [0.2, 0.25) is 5.91 Å². The van der Waals surface area contributed by atoms with Gasteiger partial charge >= 0.3 is 5.97 Å². The Morgan fingerprint density at radius 2 is 2.04 bits per heavy atom. The predicted octanol–water partition coefficient (Wildman–Crippen LogP) is 0.662. The molecule has 0 radical (unpaired) electrons. The summed E-state index contributed by atoms with van der Waals surface area (Å²) in [5.41, 5.74) is 1.19. The molecule has 3 heterocycles. The number of rotatable bonds is 5. The lowest BCUT2D eigenvalue weighted by atomic mass is 9.94. The van der Waals surface area contributed by atoms with Crippen LogP contribution in [-0.2, 0) is 14.3 Å². The summed E-state index contributed by atoms with van der Waals surface area (Å²) in [4.78, 5) is 32.6. The van der Waals surface area contributed by atoms with Crippen molar-refractivity contribution in [3.05, 3.63) is 24.5 Å². The molecule has 7 nitrogen and oxygen atoms in total. The maximum atomic E-state index is 12.3. The summed E-state index contributed by atoms with van der Waals surface area (Å²) in [5.74, 6) is 0.0928. The highest BCUT2D eigenvalue weighted by Crippen LogP contribution is 2.24. The van der Waals surface area contributed by atoms with Crippen molar-refractivity contribution in [2.24, 2.45) is 5.92 Å². The molecule has 1 atom stereocenters. The minimum Gasteiger partial charge on any atom is -0.464 e. The smallest absolute Gasteiger partial charge is 0.330 e. The van der Waals surface area contributed by atoms with Crippen molar-refractivity contribution in [3.8, 4) is 0 Å². The van der Waals surface area contributed by atoms with Gasteiger partial charge in [-0.3, -0.25) is 9.78 Å². The molecular weight excluding hydrogens is 320 g/mol. The number of piperidine rings is 1. The lowest BCUT2D eigenvalue weighted by molar-refractivity contribution is -0.157. The van der Waals surface area contributed by atoms with Crippen molar-refractivity contribution in [2.75, 3.05) is 44.2 Å². The van der Waals surface area contributed by atoms with Crippen LogP contribution in [0.3, 0.4) is 0 Å². The molecule has 25 heavy (non-hydrogen) atoms. The Balaban J connectivity index is 1.57. The van der Waals surface area contributed by atoms with E-state index < -0.39 is 6.04 Å². The number of piperazine rings is 1. The third-order valence-corrected chi connectivity index (χ3v) is 4.97. The van der Waals surface area contributed by atoms with Gasteiger partial charge in [0.05, 0.1) is 13.2 Å². The van der Waals surface area contributed by atoms with Crippen LogP contribution in [0.4, 0.5) is 5.69 Å². The van der Waals surface area contributed by atoms with Gasteiger partial charge in [0, 0.05) is 44.3 Å². The lowest BCUT2D eigenvalue weighted by Gasteiger charge is -2.39. The third kappa shape index (κ3) is 4.28. The molecule has 2 fully saturated rings. The molecule has 1 unspecified atom stereocenters. The van der Waals surface area contributed by atoms with Crippen LogP contribution < -0.4 is 10.2 Å². The molecular formula is C18H26N4O3. The minimum absolute atomic E-state index is 0.0131. The van der Waals surface area contributed by atoms with Crippen molar-refractivity contribution in [3.63, 3.8) is 0 Å². The topological polar surface area (TPSA) is 74.8 Å². The fourth-order valence-electron chi connectivity index (χ4n) is 3.59. The second kappa shape index (κ2) is 8.29. The number of ether oxygens (including phenoxy) is 1. The standard InChI is InChI=1S/C18H26N4O3/c1-2-25-18(24)16-11-20-12-17(23)22(16)13-14-5-9-21(10-6-14)15-3-7-19-8-4-15/h3-4,7-8,14,16,20H,2,5-6,9-13H2,1H3. The van der Waals surface area contributed by atoms with Gasteiger partial charge in [0.1, 0.15) is 6.04 Å². The highest BCUT2D eigenvalue weighted by molar-refractivity contribution is 5.87. The summed E-state index contributed by atoms with van der Waals surface area (Å²) in [6, 6.07) is 3.55. The van der Waals surface area contributed by atoms with Crippen molar-refractivity contribution in [2.45, 2.75) is 25.8 Å². The van der Waals surface area contributed by atoms with Gasteiger partial charge in [-0.1, -0.05) is 0 Å².